The fraction of sp³-hybridized carbons (Fsp3) is 0.533. The Morgan fingerprint density at radius 1 is 1.37 bits per heavy atom. The minimum atomic E-state index is -0.505. The SMILES string of the molecule is CC(C)(CO)CNC(=O)[C@@H](N)CCc1ccccc1. The molecule has 19 heavy (non-hydrogen) atoms. The summed E-state index contributed by atoms with van der Waals surface area (Å²) in [6.45, 7) is 4.25. The summed E-state index contributed by atoms with van der Waals surface area (Å²) < 4.78 is 0. The van der Waals surface area contributed by atoms with E-state index in [9.17, 15) is 4.79 Å². The van der Waals surface area contributed by atoms with Crippen LogP contribution in [0, 0.1) is 5.41 Å². The van der Waals surface area contributed by atoms with Gasteiger partial charge in [0.15, 0.2) is 0 Å². The second kappa shape index (κ2) is 7.26. The number of carbonyl (C=O) groups excluding carboxylic acids is 1. The lowest BCUT2D eigenvalue weighted by Crippen LogP contribution is -2.45. The summed E-state index contributed by atoms with van der Waals surface area (Å²) in [6, 6.07) is 9.47. The molecule has 4 nitrogen and oxygen atoms in total. The fourth-order valence-electron chi connectivity index (χ4n) is 1.61. The minimum absolute atomic E-state index is 0.0343. The molecule has 4 N–H and O–H groups in total. The Morgan fingerprint density at radius 3 is 2.58 bits per heavy atom. The van der Waals surface area contributed by atoms with Gasteiger partial charge in [-0.1, -0.05) is 44.2 Å². The summed E-state index contributed by atoms with van der Waals surface area (Å²) in [5, 5.41) is 11.9. The Hall–Kier alpha value is -1.39. The van der Waals surface area contributed by atoms with Gasteiger partial charge >= 0.3 is 0 Å². The van der Waals surface area contributed by atoms with Gasteiger partial charge in [-0.25, -0.2) is 0 Å². The zero-order valence-electron chi connectivity index (χ0n) is 11.7. The minimum Gasteiger partial charge on any atom is -0.396 e. The number of rotatable bonds is 7. The van der Waals surface area contributed by atoms with E-state index in [2.05, 4.69) is 5.32 Å². The maximum Gasteiger partial charge on any atom is 0.236 e. The van der Waals surface area contributed by atoms with Crippen LogP contribution in [0.4, 0.5) is 0 Å². The zero-order valence-corrected chi connectivity index (χ0v) is 11.7. The first-order valence-electron chi connectivity index (χ1n) is 6.63. The Kier molecular flexibility index (Phi) is 5.99. The predicted molar refractivity (Wildman–Crippen MR) is 76.6 cm³/mol. The largest absolute Gasteiger partial charge is 0.396 e. The molecule has 1 aromatic rings. The maximum absolute atomic E-state index is 11.8. The normalized spacial score (nSPS) is 13.1. The number of aryl methyl sites for hydroxylation is 1. The highest BCUT2D eigenvalue weighted by molar-refractivity contribution is 5.81. The van der Waals surface area contributed by atoms with Gasteiger partial charge in [-0.3, -0.25) is 4.79 Å². The molecule has 0 aliphatic rings. The van der Waals surface area contributed by atoms with Crippen LogP contribution in [0.5, 0.6) is 0 Å². The standard InChI is InChI=1S/C15H24N2O2/c1-15(2,11-18)10-17-14(19)13(16)9-8-12-6-4-3-5-7-12/h3-7,13,18H,8-11,16H2,1-2H3,(H,17,19)/t13-/m0/s1. The van der Waals surface area contributed by atoms with Crippen LogP contribution in [0.3, 0.4) is 0 Å². The van der Waals surface area contributed by atoms with E-state index in [1.807, 2.05) is 44.2 Å². The molecule has 0 saturated heterocycles. The van der Waals surface area contributed by atoms with E-state index in [0.29, 0.717) is 13.0 Å². The van der Waals surface area contributed by atoms with Crippen LogP contribution >= 0.6 is 0 Å². The second-order valence-corrected chi connectivity index (χ2v) is 5.67. The van der Waals surface area contributed by atoms with Crippen molar-refractivity contribution in [1.82, 2.24) is 5.32 Å². The Labute approximate surface area is 115 Å². The summed E-state index contributed by atoms with van der Waals surface area (Å²) in [6.07, 6.45) is 1.41. The monoisotopic (exact) mass is 264 g/mol. The van der Waals surface area contributed by atoms with Crippen molar-refractivity contribution in [3.8, 4) is 0 Å². The van der Waals surface area contributed by atoms with Gasteiger partial charge in [-0.15, -0.1) is 0 Å². The molecule has 0 aliphatic carbocycles. The smallest absolute Gasteiger partial charge is 0.236 e. The topological polar surface area (TPSA) is 75.3 Å². The molecule has 0 unspecified atom stereocenters. The molecule has 0 spiro atoms. The molecule has 1 aromatic carbocycles. The molecule has 0 radical (unpaired) electrons. The van der Waals surface area contributed by atoms with Gasteiger partial charge in [0, 0.05) is 18.6 Å². The van der Waals surface area contributed by atoms with E-state index < -0.39 is 6.04 Å². The van der Waals surface area contributed by atoms with E-state index in [0.717, 1.165) is 6.42 Å². The molecule has 1 atom stereocenters. The van der Waals surface area contributed by atoms with E-state index in [-0.39, 0.29) is 17.9 Å². The summed E-state index contributed by atoms with van der Waals surface area (Å²) in [5.41, 5.74) is 6.73. The molecule has 1 amide bonds. The quantitative estimate of drug-likeness (QED) is 0.690. The number of hydrogen-bond acceptors (Lipinski definition) is 3. The third-order valence-electron chi connectivity index (χ3n) is 3.09. The predicted octanol–water partition coefficient (Wildman–Crippen LogP) is 1.08. The first kappa shape index (κ1) is 15.7. The second-order valence-electron chi connectivity index (χ2n) is 5.67. The van der Waals surface area contributed by atoms with E-state index in [1.54, 1.807) is 0 Å². The van der Waals surface area contributed by atoms with Gasteiger partial charge in [0.1, 0.15) is 0 Å². The van der Waals surface area contributed by atoms with Gasteiger partial charge in [0.05, 0.1) is 6.04 Å². The van der Waals surface area contributed by atoms with Crippen molar-refractivity contribution in [2.75, 3.05) is 13.2 Å². The molecule has 0 aliphatic heterocycles. The molecule has 0 heterocycles. The van der Waals surface area contributed by atoms with Crippen molar-refractivity contribution in [2.45, 2.75) is 32.7 Å². The number of aliphatic hydroxyl groups excluding tert-OH is 1. The van der Waals surface area contributed by atoms with Gasteiger partial charge in [0.2, 0.25) is 5.91 Å². The van der Waals surface area contributed by atoms with E-state index >= 15 is 0 Å². The highest BCUT2D eigenvalue weighted by Gasteiger charge is 2.20. The summed E-state index contributed by atoms with van der Waals surface area (Å²) in [4.78, 5) is 11.8. The van der Waals surface area contributed by atoms with E-state index in [4.69, 9.17) is 10.8 Å². The average molecular weight is 264 g/mol. The molecule has 0 saturated carbocycles. The molecular formula is C15H24N2O2. The third-order valence-corrected chi connectivity index (χ3v) is 3.09. The van der Waals surface area contributed by atoms with Crippen molar-refractivity contribution in [3.05, 3.63) is 35.9 Å². The summed E-state index contributed by atoms with van der Waals surface area (Å²) in [5.74, 6) is -0.155. The van der Waals surface area contributed by atoms with Crippen LogP contribution in [-0.2, 0) is 11.2 Å². The van der Waals surface area contributed by atoms with Crippen LogP contribution in [0.1, 0.15) is 25.8 Å². The molecule has 1 rings (SSSR count). The third kappa shape index (κ3) is 5.85. The van der Waals surface area contributed by atoms with Crippen molar-refractivity contribution in [1.29, 1.82) is 0 Å². The first-order valence-corrected chi connectivity index (χ1v) is 6.63. The number of nitrogens with two attached hydrogens (primary N) is 1. The lowest BCUT2D eigenvalue weighted by atomic mass is 9.95. The number of carbonyl (C=O) groups is 1. The van der Waals surface area contributed by atoms with Gasteiger partial charge in [-0.05, 0) is 18.4 Å². The lowest BCUT2D eigenvalue weighted by Gasteiger charge is -2.23. The van der Waals surface area contributed by atoms with Crippen molar-refractivity contribution < 1.29 is 9.90 Å². The highest BCUT2D eigenvalue weighted by Crippen LogP contribution is 2.11. The van der Waals surface area contributed by atoms with Crippen molar-refractivity contribution >= 4 is 5.91 Å². The zero-order chi connectivity index (χ0) is 14.3. The van der Waals surface area contributed by atoms with Crippen molar-refractivity contribution in [2.24, 2.45) is 11.1 Å². The number of benzene rings is 1. The molecule has 0 aromatic heterocycles. The molecule has 4 heteroatoms. The Balaban J connectivity index is 2.33. The Morgan fingerprint density at radius 2 is 2.00 bits per heavy atom. The molecule has 106 valence electrons. The summed E-state index contributed by atoms with van der Waals surface area (Å²) in [7, 11) is 0. The van der Waals surface area contributed by atoms with Crippen LogP contribution < -0.4 is 11.1 Å². The van der Waals surface area contributed by atoms with Crippen molar-refractivity contribution in [3.63, 3.8) is 0 Å². The van der Waals surface area contributed by atoms with Gasteiger partial charge in [-0.2, -0.15) is 0 Å². The van der Waals surface area contributed by atoms with Gasteiger partial charge < -0.3 is 16.2 Å². The first-order chi connectivity index (χ1) is 8.94. The van der Waals surface area contributed by atoms with Crippen LogP contribution in [0.25, 0.3) is 0 Å². The average Bonchev–Trinajstić information content (AvgIpc) is 2.43. The fourth-order valence-corrected chi connectivity index (χ4v) is 1.61. The van der Waals surface area contributed by atoms with E-state index in [1.165, 1.54) is 5.56 Å². The molecular weight excluding hydrogens is 240 g/mol. The van der Waals surface area contributed by atoms with Crippen LogP contribution in [0.2, 0.25) is 0 Å². The van der Waals surface area contributed by atoms with Crippen LogP contribution in [-0.4, -0.2) is 30.2 Å². The highest BCUT2D eigenvalue weighted by atomic mass is 16.3. The van der Waals surface area contributed by atoms with Gasteiger partial charge in [0.25, 0.3) is 0 Å². The molecule has 0 fully saturated rings. The lowest BCUT2D eigenvalue weighted by molar-refractivity contribution is -0.123. The number of aliphatic hydroxyl groups is 1. The number of amides is 1. The number of nitrogens with one attached hydrogen (secondary N) is 1. The summed E-state index contributed by atoms with van der Waals surface area (Å²) >= 11 is 0. The molecule has 0 bridgehead atoms. The Bertz CT molecular complexity index is 390. The maximum atomic E-state index is 11.8. The number of hydrogen-bond donors (Lipinski definition) is 3. The van der Waals surface area contributed by atoms with Crippen LogP contribution in [0.15, 0.2) is 30.3 Å².